The van der Waals surface area contributed by atoms with E-state index in [0.717, 1.165) is 12.8 Å². The first kappa shape index (κ1) is 22.6. The van der Waals surface area contributed by atoms with Crippen molar-refractivity contribution in [1.82, 2.24) is 0 Å². The molecule has 0 bridgehead atoms. The summed E-state index contributed by atoms with van der Waals surface area (Å²) in [6, 6.07) is 0. The normalized spacial score (nSPS) is 12.3. The Hall–Kier alpha value is -0.420. The van der Waals surface area contributed by atoms with Crippen LogP contribution in [0.3, 0.4) is 0 Å². The Balaban J connectivity index is 3.08. The molecule has 0 N–H and O–H groups in total. The van der Waals surface area contributed by atoms with Crippen LogP contribution in [0, 0.1) is 0 Å². The number of hydrogen-bond donors (Lipinski definition) is 0. The van der Waals surface area contributed by atoms with Crippen molar-refractivity contribution >= 4 is 17.3 Å². The van der Waals surface area contributed by atoms with Crippen molar-refractivity contribution in [2.45, 2.75) is 110 Å². The van der Waals surface area contributed by atoms with Crippen molar-refractivity contribution in [3.8, 4) is 0 Å². The first-order valence-corrected chi connectivity index (χ1v) is 10.5. The molecule has 4 nitrogen and oxygen atoms in total. The monoisotopic (exact) mass is 347 g/mol. The van der Waals surface area contributed by atoms with Gasteiger partial charge in [-0.2, -0.15) is 0 Å². The number of hydrogen-bond acceptors (Lipinski definition) is 4. The van der Waals surface area contributed by atoms with Crippen molar-refractivity contribution < 1.29 is 17.7 Å². The molecule has 5 heteroatoms. The number of unbranched alkanes of at least 4 members (excludes halogenated alkanes) is 14. The van der Waals surface area contributed by atoms with Crippen molar-refractivity contribution in [3.63, 3.8) is 0 Å². The highest BCUT2D eigenvalue weighted by Gasteiger charge is 2.02. The van der Waals surface area contributed by atoms with Gasteiger partial charge in [0.1, 0.15) is 11.4 Å². The summed E-state index contributed by atoms with van der Waals surface area (Å²) in [5.41, 5.74) is 0. The fraction of sp³-hybridized carbons (Fsp3) is 0.944. The largest absolute Gasteiger partial charge is 0.740 e. The van der Waals surface area contributed by atoms with Gasteiger partial charge in [0.15, 0.2) is 0 Å². The smallest absolute Gasteiger partial charge is 0.319 e. The van der Waals surface area contributed by atoms with Crippen molar-refractivity contribution in [2.24, 2.45) is 0 Å². The van der Waals surface area contributed by atoms with Crippen LogP contribution in [-0.2, 0) is 20.3 Å². The second-order valence-electron chi connectivity index (χ2n) is 6.36. The van der Waals surface area contributed by atoms with Crippen LogP contribution in [0.4, 0.5) is 0 Å². The Morgan fingerprint density at radius 2 is 1.09 bits per heavy atom. The Bertz CT molecular complexity index is 295. The average Bonchev–Trinajstić information content (AvgIpc) is 2.50. The molecule has 0 aromatic heterocycles. The molecule has 0 saturated heterocycles. The first-order chi connectivity index (χ1) is 11.2. The van der Waals surface area contributed by atoms with Gasteiger partial charge in [0.25, 0.3) is 0 Å². The maximum Gasteiger partial charge on any atom is 0.319 e. The molecule has 1 atom stereocenters. The molecule has 138 valence electrons. The molecule has 0 amide bonds. The second-order valence-corrected chi connectivity index (χ2v) is 6.93. The summed E-state index contributed by atoms with van der Waals surface area (Å²) in [4.78, 5) is 11.0. The highest BCUT2D eigenvalue weighted by molar-refractivity contribution is 7.74. The highest BCUT2D eigenvalue weighted by Crippen LogP contribution is 2.13. The van der Waals surface area contributed by atoms with Crippen molar-refractivity contribution in [2.75, 3.05) is 0 Å². The fourth-order valence-electron chi connectivity index (χ4n) is 2.76. The van der Waals surface area contributed by atoms with Gasteiger partial charge in [-0.25, -0.2) is 4.21 Å². The number of carbonyl (C=O) groups is 1. The predicted molar refractivity (Wildman–Crippen MR) is 94.6 cm³/mol. The summed E-state index contributed by atoms with van der Waals surface area (Å²) >= 11 is -2.71. The van der Waals surface area contributed by atoms with Crippen molar-refractivity contribution in [1.29, 1.82) is 0 Å². The van der Waals surface area contributed by atoms with Gasteiger partial charge in [-0.15, -0.1) is 0 Å². The van der Waals surface area contributed by atoms with Crippen LogP contribution in [0.15, 0.2) is 0 Å². The molecule has 0 rings (SSSR count). The van der Waals surface area contributed by atoms with Crippen LogP contribution in [-0.4, -0.2) is 14.7 Å². The molecule has 0 saturated carbocycles. The molecule has 0 aliphatic carbocycles. The van der Waals surface area contributed by atoms with E-state index in [4.69, 9.17) is 0 Å². The predicted octanol–water partition coefficient (Wildman–Crippen LogP) is 5.59. The van der Waals surface area contributed by atoms with Gasteiger partial charge in [0.05, 0.1) is 0 Å². The van der Waals surface area contributed by atoms with E-state index < -0.39 is 17.3 Å². The van der Waals surface area contributed by atoms with Gasteiger partial charge in [0, 0.05) is 6.42 Å². The van der Waals surface area contributed by atoms with E-state index in [2.05, 4.69) is 11.1 Å². The zero-order valence-electron chi connectivity index (χ0n) is 14.9. The third-order valence-corrected chi connectivity index (χ3v) is 4.47. The topological polar surface area (TPSA) is 66.4 Å². The molecular weight excluding hydrogens is 312 g/mol. The van der Waals surface area contributed by atoms with Gasteiger partial charge < -0.3 is 8.74 Å². The third-order valence-electron chi connectivity index (χ3n) is 4.15. The molecule has 0 heterocycles. The third kappa shape index (κ3) is 19.5. The van der Waals surface area contributed by atoms with Crippen LogP contribution in [0.25, 0.3) is 0 Å². The van der Waals surface area contributed by atoms with E-state index in [-0.39, 0.29) is 6.42 Å². The lowest BCUT2D eigenvalue weighted by atomic mass is 10.0. The maximum absolute atomic E-state index is 11.0. The highest BCUT2D eigenvalue weighted by atomic mass is 32.2. The molecule has 0 spiro atoms. The minimum Gasteiger partial charge on any atom is -0.740 e. The molecular formula is C18H35O4S-. The van der Waals surface area contributed by atoms with Crippen molar-refractivity contribution in [3.05, 3.63) is 0 Å². The standard InChI is InChI=1S/C18H36O4S/c1-2-3-4-5-6-7-8-9-10-11-12-13-14-15-16-17-18(19)22-23(20)21/h2-17H2,1H3,(H,20,21)/p-1. The average molecular weight is 348 g/mol. The lowest BCUT2D eigenvalue weighted by Crippen LogP contribution is -2.06. The maximum atomic E-state index is 11.0. The number of carbonyl (C=O) groups excluding carboxylic acids is 1. The van der Waals surface area contributed by atoms with Gasteiger partial charge in [0.2, 0.25) is 0 Å². The molecule has 1 unspecified atom stereocenters. The Morgan fingerprint density at radius 3 is 1.43 bits per heavy atom. The fourth-order valence-corrected chi connectivity index (χ4v) is 2.99. The first-order valence-electron chi connectivity index (χ1n) is 9.47. The lowest BCUT2D eigenvalue weighted by Gasteiger charge is -2.05. The number of rotatable bonds is 17. The SMILES string of the molecule is CCCCCCCCCCCCCCCCCC(=O)OS(=O)[O-]. The Labute approximate surface area is 145 Å². The van der Waals surface area contributed by atoms with Crippen LogP contribution >= 0.6 is 0 Å². The minimum absolute atomic E-state index is 0.201. The second kappa shape index (κ2) is 17.9. The minimum atomic E-state index is -2.71. The van der Waals surface area contributed by atoms with E-state index in [1.807, 2.05) is 0 Å². The summed E-state index contributed by atoms with van der Waals surface area (Å²) in [6.45, 7) is 2.26. The van der Waals surface area contributed by atoms with Gasteiger partial charge in [-0.1, -0.05) is 96.8 Å². The lowest BCUT2D eigenvalue weighted by molar-refractivity contribution is -0.134. The summed E-state index contributed by atoms with van der Waals surface area (Å²) in [7, 11) is 0. The van der Waals surface area contributed by atoms with E-state index in [1.165, 1.54) is 77.0 Å². The van der Waals surface area contributed by atoms with E-state index in [1.54, 1.807) is 0 Å². The van der Waals surface area contributed by atoms with Crippen LogP contribution in [0.5, 0.6) is 0 Å². The summed E-state index contributed by atoms with van der Waals surface area (Å²) in [5, 5.41) is 0. The molecule has 0 aromatic rings. The van der Waals surface area contributed by atoms with E-state index in [0.29, 0.717) is 6.42 Å². The van der Waals surface area contributed by atoms with Crippen LogP contribution in [0.1, 0.15) is 110 Å². The van der Waals surface area contributed by atoms with E-state index in [9.17, 15) is 13.6 Å². The van der Waals surface area contributed by atoms with Crippen LogP contribution in [0.2, 0.25) is 0 Å². The molecule has 23 heavy (non-hydrogen) atoms. The Kier molecular flexibility index (Phi) is 17.6. The van der Waals surface area contributed by atoms with E-state index >= 15 is 0 Å². The zero-order chi connectivity index (χ0) is 17.2. The van der Waals surface area contributed by atoms with Gasteiger partial charge in [-0.05, 0) is 6.42 Å². The van der Waals surface area contributed by atoms with Gasteiger partial charge >= 0.3 is 5.97 Å². The molecule has 0 aromatic carbocycles. The summed E-state index contributed by atoms with van der Waals surface area (Å²) < 4.78 is 24.3. The van der Waals surface area contributed by atoms with Crippen LogP contribution < -0.4 is 0 Å². The molecule has 0 radical (unpaired) electrons. The molecule has 0 aliphatic rings. The van der Waals surface area contributed by atoms with Gasteiger partial charge in [-0.3, -0.25) is 4.79 Å². The summed E-state index contributed by atoms with van der Waals surface area (Å²) in [6.07, 6.45) is 19.2. The summed E-state index contributed by atoms with van der Waals surface area (Å²) in [5.74, 6) is -0.645. The zero-order valence-corrected chi connectivity index (χ0v) is 15.7. The molecule has 0 fully saturated rings. The quantitative estimate of drug-likeness (QED) is 0.254. The Morgan fingerprint density at radius 1 is 0.739 bits per heavy atom. The molecule has 0 aliphatic heterocycles.